The standard InChI is InChI=1S/C25H31ClF5N3O6S/c1-4-34-21(16-6-5-14(9-13(2)25(29,30)31)10-17(16)40-23(27)28)19(26)20(33-34)22(36)32-12-24(37)8-7-15(11-18(24)35)41(3,38)39/h5-6,10,13,15,18,23,35,37H,4,7-9,11-12H2,1-3H3,(H,32,36)/t13?,15-,18-,24-/m1/s1. The van der Waals surface area contributed by atoms with Crippen LogP contribution < -0.4 is 10.1 Å². The molecule has 0 radical (unpaired) electrons. The number of carbonyl (C=O) groups excluding carboxylic acids is 1. The summed E-state index contributed by atoms with van der Waals surface area (Å²) >= 11 is 6.47. The maximum atomic E-state index is 13.3. The Morgan fingerprint density at radius 3 is 2.54 bits per heavy atom. The summed E-state index contributed by atoms with van der Waals surface area (Å²) in [6.45, 7) is -1.07. The van der Waals surface area contributed by atoms with E-state index in [-0.39, 0.29) is 53.3 Å². The van der Waals surface area contributed by atoms with Crippen molar-refractivity contribution >= 4 is 27.3 Å². The second-order valence-electron chi connectivity index (χ2n) is 10.2. The lowest BCUT2D eigenvalue weighted by Gasteiger charge is -2.39. The minimum atomic E-state index is -4.50. The van der Waals surface area contributed by atoms with E-state index in [1.54, 1.807) is 6.92 Å². The van der Waals surface area contributed by atoms with E-state index in [0.717, 1.165) is 19.2 Å². The fraction of sp³-hybridized carbons (Fsp3) is 0.600. The third-order valence-electron chi connectivity index (χ3n) is 7.19. The number of hydrogen-bond donors (Lipinski definition) is 3. The zero-order valence-corrected chi connectivity index (χ0v) is 24.0. The van der Waals surface area contributed by atoms with Gasteiger partial charge in [0.25, 0.3) is 5.91 Å². The molecule has 1 fully saturated rings. The van der Waals surface area contributed by atoms with Gasteiger partial charge in [0.2, 0.25) is 0 Å². The smallest absolute Gasteiger partial charge is 0.391 e. The van der Waals surface area contributed by atoms with E-state index in [2.05, 4.69) is 15.2 Å². The second-order valence-corrected chi connectivity index (χ2v) is 12.9. The molecular weight excluding hydrogens is 601 g/mol. The van der Waals surface area contributed by atoms with Crippen LogP contribution in [0.4, 0.5) is 22.0 Å². The van der Waals surface area contributed by atoms with Gasteiger partial charge in [-0.15, -0.1) is 0 Å². The van der Waals surface area contributed by atoms with Gasteiger partial charge in [0.1, 0.15) is 21.2 Å². The molecule has 1 aromatic heterocycles. The molecule has 1 aliphatic rings. The number of aromatic nitrogens is 2. The third-order valence-corrected chi connectivity index (χ3v) is 9.19. The number of alkyl halides is 5. The van der Waals surface area contributed by atoms with E-state index >= 15 is 0 Å². The Labute approximate surface area is 238 Å². The summed E-state index contributed by atoms with van der Waals surface area (Å²) in [6.07, 6.45) is -5.64. The summed E-state index contributed by atoms with van der Waals surface area (Å²) in [7, 11) is -3.44. The summed E-state index contributed by atoms with van der Waals surface area (Å²) < 4.78 is 95.1. The van der Waals surface area contributed by atoms with Crippen molar-refractivity contribution in [3.63, 3.8) is 0 Å². The zero-order valence-electron chi connectivity index (χ0n) is 22.4. The van der Waals surface area contributed by atoms with Crippen LogP contribution >= 0.6 is 11.6 Å². The van der Waals surface area contributed by atoms with Crippen molar-refractivity contribution < 1.29 is 50.1 Å². The number of aliphatic hydroxyl groups excluding tert-OH is 1. The van der Waals surface area contributed by atoms with Crippen LogP contribution in [0.1, 0.15) is 49.2 Å². The second kappa shape index (κ2) is 12.4. The Balaban J connectivity index is 1.89. The number of amides is 1. The van der Waals surface area contributed by atoms with Gasteiger partial charge >= 0.3 is 12.8 Å². The molecule has 1 saturated carbocycles. The number of carbonyl (C=O) groups is 1. The lowest BCUT2D eigenvalue weighted by molar-refractivity contribution is -0.169. The van der Waals surface area contributed by atoms with Crippen LogP contribution in [0.3, 0.4) is 0 Å². The number of aryl methyl sites for hydroxylation is 1. The van der Waals surface area contributed by atoms with Crippen molar-refractivity contribution in [2.45, 2.75) is 75.8 Å². The molecule has 0 aliphatic heterocycles. The largest absolute Gasteiger partial charge is 0.434 e. The van der Waals surface area contributed by atoms with Gasteiger partial charge < -0.3 is 20.3 Å². The van der Waals surface area contributed by atoms with E-state index in [4.69, 9.17) is 11.6 Å². The van der Waals surface area contributed by atoms with E-state index in [0.29, 0.717) is 0 Å². The molecule has 4 atom stereocenters. The number of nitrogens with zero attached hydrogens (tertiary/aromatic N) is 2. The molecule has 0 saturated heterocycles. The van der Waals surface area contributed by atoms with Gasteiger partial charge in [-0.2, -0.15) is 27.1 Å². The first kappa shape index (κ1) is 33.0. The molecule has 0 spiro atoms. The summed E-state index contributed by atoms with van der Waals surface area (Å²) in [5.74, 6) is -3.08. The lowest BCUT2D eigenvalue weighted by atomic mass is 9.82. The molecule has 0 bridgehead atoms. The van der Waals surface area contributed by atoms with Gasteiger partial charge in [-0.3, -0.25) is 9.48 Å². The SMILES string of the molecule is CCn1nc(C(=O)NC[C@]2(O)CC[C@@H](S(C)(=O)=O)C[C@H]2O)c(Cl)c1-c1ccc(CC(C)C(F)(F)F)cc1OC(F)F. The monoisotopic (exact) mass is 631 g/mol. The summed E-state index contributed by atoms with van der Waals surface area (Å²) in [6, 6.07) is 3.62. The van der Waals surface area contributed by atoms with Crippen molar-refractivity contribution in [2.75, 3.05) is 12.8 Å². The number of sulfone groups is 1. The minimum absolute atomic E-state index is 0.00204. The normalized spacial score (nSPS) is 22.5. The van der Waals surface area contributed by atoms with E-state index in [1.807, 2.05) is 0 Å². The van der Waals surface area contributed by atoms with Crippen molar-refractivity contribution in [2.24, 2.45) is 5.92 Å². The van der Waals surface area contributed by atoms with Crippen molar-refractivity contribution in [1.29, 1.82) is 0 Å². The third kappa shape index (κ3) is 7.67. The molecule has 1 amide bonds. The Kier molecular flexibility index (Phi) is 9.98. The van der Waals surface area contributed by atoms with Crippen LogP contribution in [0.2, 0.25) is 5.02 Å². The number of ether oxygens (including phenoxy) is 1. The molecule has 3 rings (SSSR count). The van der Waals surface area contributed by atoms with Gasteiger partial charge in [0.15, 0.2) is 5.69 Å². The fourth-order valence-corrected chi connectivity index (χ4v) is 6.10. The molecule has 3 N–H and O–H groups in total. The number of halogens is 6. The molecule has 9 nitrogen and oxygen atoms in total. The summed E-state index contributed by atoms with van der Waals surface area (Å²) in [5.41, 5.74) is -2.12. The highest BCUT2D eigenvalue weighted by Gasteiger charge is 2.44. The minimum Gasteiger partial charge on any atom is -0.434 e. The molecule has 1 heterocycles. The molecule has 41 heavy (non-hydrogen) atoms. The van der Waals surface area contributed by atoms with E-state index in [9.17, 15) is 45.4 Å². The maximum absolute atomic E-state index is 13.3. The summed E-state index contributed by atoms with van der Waals surface area (Å²) in [5, 5.41) is 26.7. The average Bonchev–Trinajstić information content (AvgIpc) is 3.19. The number of aliphatic hydroxyl groups is 2. The van der Waals surface area contributed by atoms with Gasteiger partial charge in [-0.1, -0.05) is 24.6 Å². The molecular formula is C25H31ClF5N3O6S. The predicted octanol–water partition coefficient (Wildman–Crippen LogP) is 3.98. The quantitative estimate of drug-likeness (QED) is 0.338. The Bertz CT molecular complexity index is 1370. The van der Waals surface area contributed by atoms with Crippen LogP contribution in [-0.4, -0.2) is 76.9 Å². The van der Waals surface area contributed by atoms with E-state index in [1.165, 1.54) is 16.8 Å². The predicted molar refractivity (Wildman–Crippen MR) is 140 cm³/mol. The van der Waals surface area contributed by atoms with Crippen LogP contribution in [0.15, 0.2) is 18.2 Å². The number of rotatable bonds is 10. The van der Waals surface area contributed by atoms with Crippen molar-refractivity contribution in [3.8, 4) is 17.0 Å². The molecule has 1 aliphatic carbocycles. The Morgan fingerprint density at radius 1 is 1.34 bits per heavy atom. The van der Waals surface area contributed by atoms with Gasteiger partial charge in [0.05, 0.1) is 28.0 Å². The highest BCUT2D eigenvalue weighted by atomic mass is 35.5. The number of nitrogens with one attached hydrogen (secondary N) is 1. The van der Waals surface area contributed by atoms with E-state index < -0.39 is 70.1 Å². The van der Waals surface area contributed by atoms with Gasteiger partial charge in [0, 0.05) is 24.9 Å². The van der Waals surface area contributed by atoms with Crippen molar-refractivity contribution in [3.05, 3.63) is 34.5 Å². The maximum Gasteiger partial charge on any atom is 0.391 e. The molecule has 1 unspecified atom stereocenters. The van der Waals surface area contributed by atoms with Gasteiger partial charge in [-0.25, -0.2) is 8.42 Å². The first-order valence-electron chi connectivity index (χ1n) is 12.7. The van der Waals surface area contributed by atoms with Crippen LogP contribution in [0.25, 0.3) is 11.3 Å². The highest BCUT2D eigenvalue weighted by Crippen LogP contribution is 2.39. The van der Waals surface area contributed by atoms with Crippen LogP contribution in [-0.2, 0) is 22.8 Å². The molecule has 1 aromatic carbocycles. The lowest BCUT2D eigenvalue weighted by Crippen LogP contribution is -2.56. The first-order valence-corrected chi connectivity index (χ1v) is 15.0. The highest BCUT2D eigenvalue weighted by molar-refractivity contribution is 7.91. The topological polar surface area (TPSA) is 131 Å². The van der Waals surface area contributed by atoms with Gasteiger partial charge in [-0.05, 0) is 50.3 Å². The first-order chi connectivity index (χ1) is 18.9. The number of hydrogen-bond acceptors (Lipinski definition) is 7. The molecule has 16 heteroatoms. The zero-order chi connectivity index (χ0) is 30.9. The summed E-state index contributed by atoms with van der Waals surface area (Å²) in [4.78, 5) is 13.0. The molecule has 230 valence electrons. The van der Waals surface area contributed by atoms with Crippen LogP contribution in [0, 0.1) is 5.92 Å². The van der Waals surface area contributed by atoms with Crippen molar-refractivity contribution in [1.82, 2.24) is 15.1 Å². The van der Waals surface area contributed by atoms with Crippen LogP contribution in [0.5, 0.6) is 5.75 Å². The Morgan fingerprint density at radius 2 is 2.00 bits per heavy atom. The fourth-order valence-electron chi connectivity index (χ4n) is 4.70. The Hall–Kier alpha value is -2.49. The number of benzene rings is 1. The average molecular weight is 632 g/mol. The molecule has 2 aromatic rings.